The van der Waals surface area contributed by atoms with E-state index in [0.717, 1.165) is 29.5 Å². The molecule has 0 bridgehead atoms. The minimum Gasteiger partial charge on any atom is -0.495 e. The van der Waals surface area contributed by atoms with Crippen LogP contribution in [-0.2, 0) is 9.84 Å². The van der Waals surface area contributed by atoms with Crippen LogP contribution >= 0.6 is 22.9 Å². The van der Waals surface area contributed by atoms with E-state index >= 15 is 0 Å². The van der Waals surface area contributed by atoms with Crippen LogP contribution in [0.1, 0.15) is 0 Å². The van der Waals surface area contributed by atoms with Crippen LogP contribution in [0.2, 0.25) is 5.02 Å². The maximum absolute atomic E-state index is 14.2. The Balaban J connectivity index is 2.14. The van der Waals surface area contributed by atoms with Gasteiger partial charge in [0.15, 0.2) is 9.84 Å². The highest BCUT2D eigenvalue weighted by atomic mass is 35.5. The topological polar surface area (TPSA) is 43.4 Å². The molecule has 0 aliphatic heterocycles. The van der Waals surface area contributed by atoms with Gasteiger partial charge in [0.05, 0.1) is 12.1 Å². The van der Waals surface area contributed by atoms with Gasteiger partial charge in [-0.25, -0.2) is 17.2 Å². The molecule has 0 saturated heterocycles. The van der Waals surface area contributed by atoms with Gasteiger partial charge in [-0.3, -0.25) is 0 Å². The molecule has 1 heterocycles. The van der Waals surface area contributed by atoms with Gasteiger partial charge in [0.25, 0.3) is 0 Å². The van der Waals surface area contributed by atoms with Gasteiger partial charge in [0.1, 0.15) is 22.3 Å². The summed E-state index contributed by atoms with van der Waals surface area (Å²) in [6.07, 6.45) is 0.767. The largest absolute Gasteiger partial charge is 0.495 e. The van der Waals surface area contributed by atoms with Crippen molar-refractivity contribution < 1.29 is 21.9 Å². The molecular formula is C18H13ClF2O3S2. The highest BCUT2D eigenvalue weighted by Gasteiger charge is 2.22. The Morgan fingerprint density at radius 3 is 2.08 bits per heavy atom. The highest BCUT2D eigenvalue weighted by Crippen LogP contribution is 2.39. The zero-order valence-corrected chi connectivity index (χ0v) is 16.1. The second-order valence-corrected chi connectivity index (χ2v) is 8.69. The molecule has 0 spiro atoms. The lowest BCUT2D eigenvalue weighted by molar-refractivity contribution is 0.415. The van der Waals surface area contributed by atoms with Crippen LogP contribution < -0.4 is 4.74 Å². The smallest absolute Gasteiger partial charge is 0.181 e. The molecule has 136 valence electrons. The fourth-order valence-electron chi connectivity index (χ4n) is 2.65. The van der Waals surface area contributed by atoms with Crippen molar-refractivity contribution in [1.82, 2.24) is 0 Å². The van der Waals surface area contributed by atoms with Gasteiger partial charge in [0, 0.05) is 17.4 Å². The molecule has 0 N–H and O–H groups in total. The van der Waals surface area contributed by atoms with E-state index in [-0.39, 0.29) is 5.56 Å². The van der Waals surface area contributed by atoms with Gasteiger partial charge in [-0.15, -0.1) is 0 Å². The Bertz CT molecular complexity index is 1070. The molecule has 0 amide bonds. The number of ether oxygens (including phenoxy) is 1. The van der Waals surface area contributed by atoms with Crippen LogP contribution in [0.4, 0.5) is 8.78 Å². The summed E-state index contributed by atoms with van der Waals surface area (Å²) in [4.78, 5) is -0.925. The second kappa shape index (κ2) is 6.98. The van der Waals surface area contributed by atoms with Crippen molar-refractivity contribution >= 4 is 32.8 Å². The molecule has 1 aromatic heterocycles. The lowest BCUT2D eigenvalue weighted by Gasteiger charge is -2.10. The summed E-state index contributed by atoms with van der Waals surface area (Å²) in [6, 6.07) is 7.23. The molecule has 0 unspecified atom stereocenters. The first kappa shape index (κ1) is 18.8. The Hall–Kier alpha value is -1.96. The van der Waals surface area contributed by atoms with Gasteiger partial charge in [0.2, 0.25) is 0 Å². The van der Waals surface area contributed by atoms with E-state index in [9.17, 15) is 17.2 Å². The van der Waals surface area contributed by atoms with Crippen molar-refractivity contribution in [1.29, 1.82) is 0 Å². The maximum atomic E-state index is 14.2. The molecule has 8 heteroatoms. The number of halogens is 3. The van der Waals surface area contributed by atoms with E-state index in [2.05, 4.69) is 0 Å². The molecular weight excluding hydrogens is 402 g/mol. The first-order valence-corrected chi connectivity index (χ1v) is 10.5. The van der Waals surface area contributed by atoms with E-state index in [1.807, 2.05) is 5.38 Å². The maximum Gasteiger partial charge on any atom is 0.181 e. The number of hydrogen-bond acceptors (Lipinski definition) is 4. The van der Waals surface area contributed by atoms with Gasteiger partial charge in [-0.05, 0) is 46.2 Å². The Labute approximate surface area is 158 Å². The lowest BCUT2D eigenvalue weighted by atomic mass is 9.99. The summed E-state index contributed by atoms with van der Waals surface area (Å²) in [5, 5.41) is 3.97. The van der Waals surface area contributed by atoms with Gasteiger partial charge >= 0.3 is 0 Å². The third-order valence-electron chi connectivity index (χ3n) is 3.80. The van der Waals surface area contributed by atoms with Crippen molar-refractivity contribution in [2.45, 2.75) is 4.90 Å². The minimum atomic E-state index is -4.00. The van der Waals surface area contributed by atoms with E-state index in [0.29, 0.717) is 16.3 Å². The molecule has 3 aromatic rings. The van der Waals surface area contributed by atoms with Gasteiger partial charge in [-0.1, -0.05) is 17.7 Å². The Morgan fingerprint density at radius 2 is 1.58 bits per heavy atom. The summed E-state index contributed by atoms with van der Waals surface area (Å²) in [7, 11) is -2.50. The molecule has 3 rings (SSSR count). The normalized spacial score (nSPS) is 11.6. The molecule has 0 atom stereocenters. The van der Waals surface area contributed by atoms with Crippen LogP contribution in [-0.4, -0.2) is 21.8 Å². The number of methoxy groups -OCH3 is 1. The van der Waals surface area contributed by atoms with Crippen LogP contribution in [0, 0.1) is 11.6 Å². The Morgan fingerprint density at radius 1 is 1.00 bits per heavy atom. The lowest BCUT2D eigenvalue weighted by Crippen LogP contribution is -2.04. The predicted molar refractivity (Wildman–Crippen MR) is 99.8 cm³/mol. The van der Waals surface area contributed by atoms with Crippen molar-refractivity contribution in [3.8, 4) is 28.0 Å². The zero-order valence-electron chi connectivity index (χ0n) is 13.7. The number of thiophene rings is 1. The average Bonchev–Trinajstić information content (AvgIpc) is 3.02. The summed E-state index contributed by atoms with van der Waals surface area (Å²) >= 11 is 7.51. The average molecular weight is 415 g/mol. The molecule has 0 fully saturated rings. The molecule has 3 nitrogen and oxygen atoms in total. The highest BCUT2D eigenvalue weighted by molar-refractivity contribution is 7.90. The summed E-state index contributed by atoms with van der Waals surface area (Å²) in [6.45, 7) is 0. The second-order valence-electron chi connectivity index (χ2n) is 5.59. The predicted octanol–water partition coefficient (Wildman–Crippen LogP) is 5.43. The fraction of sp³-hybridized carbons (Fsp3) is 0.111. The molecule has 2 aromatic carbocycles. The van der Waals surface area contributed by atoms with Crippen molar-refractivity contribution in [2.24, 2.45) is 0 Å². The van der Waals surface area contributed by atoms with Crippen molar-refractivity contribution in [3.05, 3.63) is 57.7 Å². The van der Waals surface area contributed by atoms with E-state index in [1.165, 1.54) is 18.4 Å². The standard InChI is InChI=1S/C18H13ClF2O3S2/c1-24-17-4-3-10(5-14(17)19)12-8-25-9-13(12)11-6-15(20)18(16(21)7-11)26(2,22)23/h3-9H,1-2H3. The van der Waals surface area contributed by atoms with Crippen molar-refractivity contribution in [2.75, 3.05) is 13.4 Å². The SMILES string of the molecule is COc1ccc(-c2cscc2-c2cc(F)c(S(C)(=O)=O)c(F)c2)cc1Cl. The summed E-state index contributed by atoms with van der Waals surface area (Å²) in [5.41, 5.74) is 2.30. The Kier molecular flexibility index (Phi) is 5.05. The van der Waals surface area contributed by atoms with Crippen LogP contribution in [0.15, 0.2) is 46.0 Å². The first-order valence-electron chi connectivity index (χ1n) is 7.32. The number of hydrogen-bond donors (Lipinski definition) is 0. The molecule has 0 aliphatic rings. The molecule has 0 saturated carbocycles. The van der Waals surface area contributed by atoms with E-state index in [1.54, 1.807) is 23.6 Å². The third kappa shape index (κ3) is 3.47. The van der Waals surface area contributed by atoms with E-state index < -0.39 is 26.4 Å². The van der Waals surface area contributed by atoms with Crippen LogP contribution in [0.25, 0.3) is 22.3 Å². The number of sulfone groups is 1. The summed E-state index contributed by atoms with van der Waals surface area (Å²) < 4.78 is 56.7. The number of rotatable bonds is 4. The monoisotopic (exact) mass is 414 g/mol. The number of benzene rings is 2. The first-order chi connectivity index (χ1) is 12.2. The van der Waals surface area contributed by atoms with Crippen LogP contribution in [0.3, 0.4) is 0 Å². The van der Waals surface area contributed by atoms with Crippen LogP contribution in [0.5, 0.6) is 5.75 Å². The third-order valence-corrected chi connectivity index (χ3v) is 5.98. The summed E-state index contributed by atoms with van der Waals surface area (Å²) in [5.74, 6) is -1.72. The molecule has 26 heavy (non-hydrogen) atoms. The van der Waals surface area contributed by atoms with Gasteiger partial charge in [-0.2, -0.15) is 11.3 Å². The fourth-order valence-corrected chi connectivity index (χ4v) is 4.60. The van der Waals surface area contributed by atoms with E-state index in [4.69, 9.17) is 16.3 Å². The minimum absolute atomic E-state index is 0.246. The quantitative estimate of drug-likeness (QED) is 0.572. The molecule has 0 radical (unpaired) electrons. The van der Waals surface area contributed by atoms with Gasteiger partial charge < -0.3 is 4.74 Å². The zero-order chi connectivity index (χ0) is 19.1. The molecule has 0 aliphatic carbocycles. The van der Waals surface area contributed by atoms with Crippen molar-refractivity contribution in [3.63, 3.8) is 0 Å².